The summed E-state index contributed by atoms with van der Waals surface area (Å²) in [6.45, 7) is 3.13. The number of nitrogens with zero attached hydrogens (tertiary/aromatic N) is 1. The predicted octanol–water partition coefficient (Wildman–Crippen LogP) is 3.94. The molecule has 0 spiro atoms. The van der Waals surface area contributed by atoms with E-state index in [1.54, 1.807) is 12.1 Å². The van der Waals surface area contributed by atoms with Crippen molar-refractivity contribution in [1.82, 2.24) is 0 Å². The van der Waals surface area contributed by atoms with Crippen molar-refractivity contribution in [3.63, 3.8) is 0 Å². The Balaban J connectivity index is 2.32. The Hall–Kier alpha value is -1.96. The molecule has 0 bridgehead atoms. The number of rotatable bonds is 4. The lowest BCUT2D eigenvalue weighted by atomic mass is 10.2. The van der Waals surface area contributed by atoms with Gasteiger partial charge in [0.15, 0.2) is 0 Å². The van der Waals surface area contributed by atoms with Crippen molar-refractivity contribution in [3.8, 4) is 5.75 Å². The number of para-hydroxylation sites is 1. The van der Waals surface area contributed by atoms with Gasteiger partial charge in [0.05, 0.1) is 0 Å². The highest BCUT2D eigenvalue weighted by molar-refractivity contribution is 5.63. The summed E-state index contributed by atoms with van der Waals surface area (Å²) in [6, 6.07) is 17.6. The van der Waals surface area contributed by atoms with Gasteiger partial charge in [-0.2, -0.15) is 0 Å². The van der Waals surface area contributed by atoms with Crippen LogP contribution in [-0.2, 0) is 0 Å². The number of aromatic hydroxyl groups is 1. The first kappa shape index (κ1) is 11.5. The maximum absolute atomic E-state index is 9.32. The Morgan fingerprint density at radius 3 is 2.06 bits per heavy atom. The van der Waals surface area contributed by atoms with Crippen LogP contribution in [0.25, 0.3) is 0 Å². The molecule has 2 nitrogen and oxygen atoms in total. The zero-order valence-corrected chi connectivity index (χ0v) is 10.0. The zero-order chi connectivity index (χ0) is 12.1. The largest absolute Gasteiger partial charge is 0.508 e. The highest BCUT2D eigenvalue weighted by Gasteiger charge is 2.07. The van der Waals surface area contributed by atoms with Crippen molar-refractivity contribution in [2.75, 3.05) is 11.4 Å². The fourth-order valence-corrected chi connectivity index (χ4v) is 1.87. The van der Waals surface area contributed by atoms with Gasteiger partial charge < -0.3 is 10.0 Å². The lowest BCUT2D eigenvalue weighted by Gasteiger charge is -2.24. The van der Waals surface area contributed by atoms with Gasteiger partial charge in [-0.25, -0.2) is 0 Å². The summed E-state index contributed by atoms with van der Waals surface area (Å²) >= 11 is 0. The monoisotopic (exact) mass is 227 g/mol. The predicted molar refractivity (Wildman–Crippen MR) is 71.8 cm³/mol. The lowest BCUT2D eigenvalue weighted by Crippen LogP contribution is -2.17. The molecule has 0 aromatic heterocycles. The smallest absolute Gasteiger partial charge is 0.115 e. The standard InChI is InChI=1S/C15H17NO/c1-2-12-16(13-6-4-3-5-7-13)14-8-10-15(17)11-9-14/h3-11,17H,2,12H2,1H3. The van der Waals surface area contributed by atoms with Crippen molar-refractivity contribution in [1.29, 1.82) is 0 Å². The van der Waals surface area contributed by atoms with Crippen molar-refractivity contribution >= 4 is 11.4 Å². The Kier molecular flexibility index (Phi) is 3.66. The molecular formula is C15H17NO. The number of phenols is 1. The molecule has 0 amide bonds. The normalized spacial score (nSPS) is 10.2. The quantitative estimate of drug-likeness (QED) is 0.855. The molecule has 1 N–H and O–H groups in total. The van der Waals surface area contributed by atoms with Crippen molar-refractivity contribution in [3.05, 3.63) is 54.6 Å². The SMILES string of the molecule is CCCN(c1ccccc1)c1ccc(O)cc1. The highest BCUT2D eigenvalue weighted by Crippen LogP contribution is 2.26. The highest BCUT2D eigenvalue weighted by atomic mass is 16.3. The number of anilines is 2. The number of benzene rings is 2. The van der Waals surface area contributed by atoms with Crippen LogP contribution in [0.3, 0.4) is 0 Å². The molecule has 2 aromatic rings. The molecule has 0 aliphatic heterocycles. The first-order chi connectivity index (χ1) is 8.31. The van der Waals surface area contributed by atoms with Crippen molar-refractivity contribution < 1.29 is 5.11 Å². The van der Waals surface area contributed by atoms with Crippen molar-refractivity contribution in [2.24, 2.45) is 0 Å². The van der Waals surface area contributed by atoms with E-state index >= 15 is 0 Å². The van der Waals surface area contributed by atoms with Crippen LogP contribution in [0.4, 0.5) is 11.4 Å². The van der Waals surface area contributed by atoms with Gasteiger partial charge in [0.25, 0.3) is 0 Å². The van der Waals surface area contributed by atoms with Gasteiger partial charge >= 0.3 is 0 Å². The molecule has 2 heteroatoms. The number of phenolic OH excluding ortho intramolecular Hbond substituents is 1. The third-order valence-corrected chi connectivity index (χ3v) is 2.68. The Labute approximate surface area is 102 Å². The molecule has 88 valence electrons. The molecule has 0 heterocycles. The molecule has 0 unspecified atom stereocenters. The molecular weight excluding hydrogens is 210 g/mol. The Morgan fingerprint density at radius 2 is 1.47 bits per heavy atom. The van der Waals surface area contributed by atoms with Gasteiger partial charge in [-0.3, -0.25) is 0 Å². The van der Waals surface area contributed by atoms with Gasteiger partial charge in [-0.1, -0.05) is 25.1 Å². The summed E-state index contributed by atoms with van der Waals surface area (Å²) in [7, 11) is 0. The van der Waals surface area contributed by atoms with E-state index in [1.165, 1.54) is 5.69 Å². The molecule has 0 fully saturated rings. The second-order valence-electron chi connectivity index (χ2n) is 4.00. The van der Waals surface area contributed by atoms with E-state index in [0.29, 0.717) is 5.75 Å². The van der Waals surface area contributed by atoms with Crippen LogP contribution in [0, 0.1) is 0 Å². The topological polar surface area (TPSA) is 23.5 Å². The second kappa shape index (κ2) is 5.39. The van der Waals surface area contributed by atoms with Crippen LogP contribution in [0.5, 0.6) is 5.75 Å². The fourth-order valence-electron chi connectivity index (χ4n) is 1.87. The first-order valence-corrected chi connectivity index (χ1v) is 5.93. The van der Waals surface area contributed by atoms with Crippen LogP contribution in [0.15, 0.2) is 54.6 Å². The maximum Gasteiger partial charge on any atom is 0.115 e. The lowest BCUT2D eigenvalue weighted by molar-refractivity contribution is 0.475. The molecule has 0 aliphatic carbocycles. The molecule has 0 saturated carbocycles. The second-order valence-corrected chi connectivity index (χ2v) is 4.00. The third kappa shape index (κ3) is 2.78. The third-order valence-electron chi connectivity index (χ3n) is 2.68. The molecule has 0 saturated heterocycles. The van der Waals surface area contributed by atoms with Crippen LogP contribution < -0.4 is 4.90 Å². The van der Waals surface area contributed by atoms with E-state index < -0.39 is 0 Å². The zero-order valence-electron chi connectivity index (χ0n) is 10.0. The van der Waals surface area contributed by atoms with Gasteiger partial charge in [0.1, 0.15) is 5.75 Å². The number of hydrogen-bond acceptors (Lipinski definition) is 2. The van der Waals surface area contributed by atoms with Crippen LogP contribution in [0.2, 0.25) is 0 Å². The van der Waals surface area contributed by atoms with Crippen LogP contribution in [-0.4, -0.2) is 11.7 Å². The van der Waals surface area contributed by atoms with Gasteiger partial charge in [-0.05, 0) is 42.8 Å². The minimum atomic E-state index is 0.304. The van der Waals surface area contributed by atoms with Crippen molar-refractivity contribution in [2.45, 2.75) is 13.3 Å². The molecule has 2 aromatic carbocycles. The van der Waals surface area contributed by atoms with Gasteiger partial charge in [-0.15, -0.1) is 0 Å². The Bertz CT molecular complexity index is 450. The van der Waals surface area contributed by atoms with E-state index in [4.69, 9.17) is 0 Å². The Morgan fingerprint density at radius 1 is 0.882 bits per heavy atom. The average Bonchev–Trinajstić information content (AvgIpc) is 2.38. The van der Waals surface area contributed by atoms with E-state index in [0.717, 1.165) is 18.7 Å². The summed E-state index contributed by atoms with van der Waals surface area (Å²) in [5.74, 6) is 0.304. The number of hydrogen-bond donors (Lipinski definition) is 1. The van der Waals surface area contributed by atoms with E-state index in [-0.39, 0.29) is 0 Å². The summed E-state index contributed by atoms with van der Waals surface area (Å²) in [5.41, 5.74) is 2.29. The molecule has 0 aliphatic rings. The fraction of sp³-hybridized carbons (Fsp3) is 0.200. The van der Waals surface area contributed by atoms with Gasteiger partial charge in [0.2, 0.25) is 0 Å². The minimum Gasteiger partial charge on any atom is -0.508 e. The van der Waals surface area contributed by atoms with E-state index in [9.17, 15) is 5.11 Å². The van der Waals surface area contributed by atoms with Gasteiger partial charge in [0, 0.05) is 17.9 Å². The van der Waals surface area contributed by atoms with Crippen LogP contribution >= 0.6 is 0 Å². The molecule has 2 rings (SSSR count). The summed E-state index contributed by atoms with van der Waals surface area (Å²) < 4.78 is 0. The summed E-state index contributed by atoms with van der Waals surface area (Å²) in [5, 5.41) is 9.32. The van der Waals surface area contributed by atoms with E-state index in [1.807, 2.05) is 30.3 Å². The summed E-state index contributed by atoms with van der Waals surface area (Å²) in [4.78, 5) is 2.25. The molecule has 0 atom stereocenters. The maximum atomic E-state index is 9.32. The minimum absolute atomic E-state index is 0.304. The summed E-state index contributed by atoms with van der Waals surface area (Å²) in [6.07, 6.45) is 1.08. The molecule has 0 radical (unpaired) electrons. The van der Waals surface area contributed by atoms with Crippen LogP contribution in [0.1, 0.15) is 13.3 Å². The average molecular weight is 227 g/mol. The van der Waals surface area contributed by atoms with E-state index in [2.05, 4.69) is 24.0 Å². The molecule has 17 heavy (non-hydrogen) atoms. The first-order valence-electron chi connectivity index (χ1n) is 5.93.